The second kappa shape index (κ2) is 8.96. The summed E-state index contributed by atoms with van der Waals surface area (Å²) in [4.78, 5) is 29.7. The van der Waals surface area contributed by atoms with Crippen molar-refractivity contribution < 1.29 is 18.0 Å². The molecule has 2 amide bonds. The minimum Gasteiger partial charge on any atom is -0.339 e. The zero-order valence-electron chi connectivity index (χ0n) is 17.6. The van der Waals surface area contributed by atoms with Gasteiger partial charge in [0.25, 0.3) is 5.91 Å². The largest absolute Gasteiger partial charge is 0.339 e. The Morgan fingerprint density at radius 2 is 1.67 bits per heavy atom. The highest BCUT2D eigenvalue weighted by Gasteiger charge is 2.38. The maximum absolute atomic E-state index is 13.5. The molecule has 1 N–H and O–H groups in total. The average Bonchev–Trinajstić information content (AvgIpc) is 3.28. The molecule has 0 radical (unpaired) electrons. The summed E-state index contributed by atoms with van der Waals surface area (Å²) in [6.45, 7) is 1.90. The molecule has 1 aromatic heterocycles. The quantitative estimate of drug-likeness (QED) is 0.710. The van der Waals surface area contributed by atoms with Crippen molar-refractivity contribution in [1.29, 1.82) is 0 Å². The number of piperidine rings is 1. The van der Waals surface area contributed by atoms with E-state index in [1.807, 2.05) is 4.90 Å². The van der Waals surface area contributed by atoms with E-state index in [-0.39, 0.29) is 11.8 Å². The van der Waals surface area contributed by atoms with Crippen LogP contribution in [0.15, 0.2) is 0 Å². The molecule has 2 saturated heterocycles. The summed E-state index contributed by atoms with van der Waals surface area (Å²) in [6.07, 6.45) is 10.7. The van der Waals surface area contributed by atoms with Crippen molar-refractivity contribution in [3.63, 3.8) is 0 Å². The molecule has 0 aromatic carbocycles. The van der Waals surface area contributed by atoms with Gasteiger partial charge in [-0.05, 0) is 63.4 Å². The molecule has 3 heterocycles. The summed E-state index contributed by atoms with van der Waals surface area (Å²) in [5, 5.41) is 3.59. The Morgan fingerprint density at radius 1 is 0.967 bits per heavy atom. The molecule has 7 nitrogen and oxygen atoms in total. The van der Waals surface area contributed by atoms with Crippen LogP contribution in [0, 0.1) is 0 Å². The second-order valence-electron chi connectivity index (χ2n) is 8.64. The molecule has 1 atom stereocenters. The third-order valence-corrected chi connectivity index (χ3v) is 8.94. The van der Waals surface area contributed by atoms with E-state index in [1.165, 1.54) is 20.5 Å². The number of aryl methyl sites for hydroxylation is 1. The maximum Gasteiger partial charge on any atom is 0.257 e. The van der Waals surface area contributed by atoms with Gasteiger partial charge < -0.3 is 10.2 Å². The lowest BCUT2D eigenvalue weighted by Gasteiger charge is -2.27. The van der Waals surface area contributed by atoms with Gasteiger partial charge in [0.05, 0.1) is 11.8 Å². The van der Waals surface area contributed by atoms with Gasteiger partial charge in [0.15, 0.2) is 0 Å². The van der Waals surface area contributed by atoms with Gasteiger partial charge in [-0.25, -0.2) is 8.42 Å². The van der Waals surface area contributed by atoms with Crippen molar-refractivity contribution in [2.45, 2.75) is 70.3 Å². The summed E-state index contributed by atoms with van der Waals surface area (Å²) >= 11 is 1.52. The third-order valence-electron chi connectivity index (χ3n) is 6.45. The molecule has 1 aromatic rings. The highest BCUT2D eigenvalue weighted by Crippen LogP contribution is 2.39. The number of rotatable bonds is 4. The second-order valence-corrected chi connectivity index (χ2v) is 11.7. The molecule has 2 aliphatic heterocycles. The number of hydrogen-bond donors (Lipinski definition) is 1. The number of anilines is 1. The topological polar surface area (TPSA) is 86.8 Å². The van der Waals surface area contributed by atoms with Crippen molar-refractivity contribution in [1.82, 2.24) is 9.21 Å². The van der Waals surface area contributed by atoms with Gasteiger partial charge in [-0.2, -0.15) is 4.31 Å². The van der Waals surface area contributed by atoms with Gasteiger partial charge in [-0.15, -0.1) is 11.3 Å². The smallest absolute Gasteiger partial charge is 0.257 e. The zero-order chi connectivity index (χ0) is 21.3. The number of fused-ring (bicyclic) bond motifs is 1. The van der Waals surface area contributed by atoms with E-state index in [9.17, 15) is 18.0 Å². The fourth-order valence-electron chi connectivity index (χ4n) is 4.91. The van der Waals surface area contributed by atoms with E-state index in [0.29, 0.717) is 30.0 Å². The molecule has 1 aliphatic carbocycles. The molecule has 166 valence electrons. The highest BCUT2D eigenvalue weighted by molar-refractivity contribution is 7.88. The number of hydrogen-bond acceptors (Lipinski definition) is 5. The van der Waals surface area contributed by atoms with Crippen LogP contribution in [0.4, 0.5) is 5.00 Å². The summed E-state index contributed by atoms with van der Waals surface area (Å²) < 4.78 is 25.4. The highest BCUT2D eigenvalue weighted by atomic mass is 32.2. The predicted octanol–water partition coefficient (Wildman–Crippen LogP) is 3.01. The number of sulfonamides is 1. The number of carbonyl (C=O) groups excluding carboxylic acids is 2. The first-order valence-corrected chi connectivity index (χ1v) is 13.7. The molecule has 4 rings (SSSR count). The van der Waals surface area contributed by atoms with Crippen LogP contribution in [0.1, 0.15) is 72.2 Å². The minimum absolute atomic E-state index is 0.0239. The number of amides is 2. The van der Waals surface area contributed by atoms with Crippen LogP contribution in [-0.2, 0) is 27.7 Å². The van der Waals surface area contributed by atoms with Crippen LogP contribution < -0.4 is 5.32 Å². The molecular formula is C21H31N3O4S2. The summed E-state index contributed by atoms with van der Waals surface area (Å²) in [7, 11) is -3.44. The van der Waals surface area contributed by atoms with Gasteiger partial charge in [0.2, 0.25) is 15.9 Å². The monoisotopic (exact) mass is 453 g/mol. The Hall–Kier alpha value is -1.45. The van der Waals surface area contributed by atoms with Crippen molar-refractivity contribution in [3.8, 4) is 0 Å². The molecule has 0 bridgehead atoms. The molecule has 3 aliphatic rings. The number of nitrogens with zero attached hydrogens (tertiary/aromatic N) is 2. The number of carbonyl (C=O) groups is 2. The third kappa shape index (κ3) is 4.43. The van der Waals surface area contributed by atoms with E-state index in [2.05, 4.69) is 5.32 Å². The number of nitrogens with one attached hydrogen (secondary N) is 1. The van der Waals surface area contributed by atoms with Gasteiger partial charge in [-0.3, -0.25) is 9.59 Å². The molecule has 9 heteroatoms. The first-order chi connectivity index (χ1) is 14.4. The lowest BCUT2D eigenvalue weighted by Crippen LogP contribution is -2.42. The average molecular weight is 454 g/mol. The Morgan fingerprint density at radius 3 is 2.40 bits per heavy atom. The van der Waals surface area contributed by atoms with Crippen molar-refractivity contribution >= 4 is 38.2 Å². The molecule has 0 saturated carbocycles. The van der Waals surface area contributed by atoms with Gasteiger partial charge >= 0.3 is 0 Å². The van der Waals surface area contributed by atoms with E-state index in [4.69, 9.17) is 0 Å². The molecular weight excluding hydrogens is 422 g/mol. The Bertz CT molecular complexity index is 919. The van der Waals surface area contributed by atoms with E-state index in [0.717, 1.165) is 76.3 Å². The van der Waals surface area contributed by atoms with Gasteiger partial charge in [0, 0.05) is 24.5 Å². The first-order valence-electron chi connectivity index (χ1n) is 11.1. The lowest BCUT2D eigenvalue weighted by atomic mass is 10.0. The zero-order valence-corrected chi connectivity index (χ0v) is 19.2. The molecule has 1 unspecified atom stereocenters. The van der Waals surface area contributed by atoms with Crippen LogP contribution in [0.3, 0.4) is 0 Å². The molecule has 30 heavy (non-hydrogen) atoms. The fourth-order valence-corrected chi connectivity index (χ4v) is 7.31. The lowest BCUT2D eigenvalue weighted by molar-refractivity contribution is -0.119. The summed E-state index contributed by atoms with van der Waals surface area (Å²) in [6, 6.07) is -0.695. The Labute approximate surface area is 182 Å². The number of thiophene rings is 1. The van der Waals surface area contributed by atoms with Gasteiger partial charge in [0.1, 0.15) is 11.0 Å². The summed E-state index contributed by atoms with van der Waals surface area (Å²) in [5.41, 5.74) is 1.77. The SMILES string of the molecule is CS(=O)(=O)N1CCCC1C(=O)Nc1sc2c(c1C(=O)N1CCCCC1)CCCCC2. The minimum atomic E-state index is -3.44. The number of likely N-dealkylation sites (tertiary alicyclic amines) is 1. The van der Waals surface area contributed by atoms with Crippen LogP contribution in [-0.4, -0.2) is 61.4 Å². The van der Waals surface area contributed by atoms with Crippen LogP contribution in [0.2, 0.25) is 0 Å². The van der Waals surface area contributed by atoms with Crippen LogP contribution >= 0.6 is 11.3 Å². The van der Waals surface area contributed by atoms with Crippen molar-refractivity contribution in [2.24, 2.45) is 0 Å². The summed E-state index contributed by atoms with van der Waals surface area (Å²) in [5.74, 6) is -0.294. The fraction of sp³-hybridized carbons (Fsp3) is 0.714. The van der Waals surface area contributed by atoms with Crippen LogP contribution in [0.25, 0.3) is 0 Å². The normalized spacial score (nSPS) is 23.1. The molecule has 0 spiro atoms. The van der Waals surface area contributed by atoms with E-state index >= 15 is 0 Å². The first kappa shape index (κ1) is 21.8. The van der Waals surface area contributed by atoms with E-state index in [1.54, 1.807) is 0 Å². The van der Waals surface area contributed by atoms with Crippen molar-refractivity contribution in [3.05, 3.63) is 16.0 Å². The van der Waals surface area contributed by atoms with Crippen molar-refractivity contribution in [2.75, 3.05) is 31.2 Å². The Balaban J connectivity index is 1.64. The van der Waals surface area contributed by atoms with E-state index < -0.39 is 16.1 Å². The van der Waals surface area contributed by atoms with Gasteiger partial charge in [-0.1, -0.05) is 6.42 Å². The predicted molar refractivity (Wildman–Crippen MR) is 119 cm³/mol. The van der Waals surface area contributed by atoms with Crippen LogP contribution in [0.5, 0.6) is 0 Å². The molecule has 2 fully saturated rings. The maximum atomic E-state index is 13.5. The Kier molecular flexibility index (Phi) is 6.50. The standard InChI is InChI=1S/C21H31N3O4S2/c1-30(27,28)24-14-8-10-16(24)19(25)22-20-18(21(26)23-12-6-3-7-13-23)15-9-4-2-5-11-17(15)29-20/h16H,2-14H2,1H3,(H,22,25).